The summed E-state index contributed by atoms with van der Waals surface area (Å²) in [6.45, 7) is 9.54. The van der Waals surface area contributed by atoms with Crippen molar-refractivity contribution in [3.05, 3.63) is 0 Å². The third kappa shape index (κ3) is 10.3. The molecule has 10 nitrogen and oxygen atoms in total. The second kappa shape index (κ2) is 14.6. The van der Waals surface area contributed by atoms with Crippen molar-refractivity contribution in [3.63, 3.8) is 0 Å². The minimum absolute atomic E-state index is 0.124. The van der Waals surface area contributed by atoms with E-state index in [1.807, 2.05) is 27.7 Å². The highest BCUT2D eigenvalue weighted by atomic mass is 16.2. The van der Waals surface area contributed by atoms with Gasteiger partial charge in [-0.05, 0) is 50.9 Å². The van der Waals surface area contributed by atoms with E-state index in [2.05, 4.69) is 26.5 Å². The predicted octanol–water partition coefficient (Wildman–Crippen LogP) is 1.44. The summed E-state index contributed by atoms with van der Waals surface area (Å²) < 4.78 is 0. The SMILES string of the molecule is CCC(=O)C1CCC(CNC(=O)N/N=C/[C@H](CC)NC(=O)[C@@H](NC(=O)C(C)N)C(C)C)CC1. The number of hydrogen-bond acceptors (Lipinski definition) is 6. The maximum Gasteiger partial charge on any atom is 0.335 e. The highest BCUT2D eigenvalue weighted by Crippen LogP contribution is 2.29. The summed E-state index contributed by atoms with van der Waals surface area (Å²) in [6, 6.07) is -2.25. The van der Waals surface area contributed by atoms with Gasteiger partial charge in [-0.15, -0.1) is 0 Å². The van der Waals surface area contributed by atoms with Gasteiger partial charge in [0, 0.05) is 25.1 Å². The third-order valence-corrected chi connectivity index (χ3v) is 6.05. The normalized spacial score (nSPS) is 21.2. The first kappa shape index (κ1) is 28.5. The average Bonchev–Trinajstić information content (AvgIpc) is 2.79. The van der Waals surface area contributed by atoms with Crippen LogP contribution in [-0.2, 0) is 14.4 Å². The molecular weight excluding hydrogens is 424 g/mol. The molecule has 0 radical (unpaired) electrons. The number of Topliss-reactive ketones (excluding diaryl/α,β-unsaturated/α-hetero) is 1. The molecule has 3 atom stereocenters. The van der Waals surface area contributed by atoms with E-state index in [4.69, 9.17) is 5.73 Å². The van der Waals surface area contributed by atoms with Crippen molar-refractivity contribution in [2.24, 2.45) is 28.6 Å². The molecule has 0 aliphatic heterocycles. The molecule has 33 heavy (non-hydrogen) atoms. The van der Waals surface area contributed by atoms with Crippen LogP contribution in [0.1, 0.15) is 73.1 Å². The van der Waals surface area contributed by atoms with Crippen molar-refractivity contribution in [3.8, 4) is 0 Å². The number of hydrogen-bond donors (Lipinski definition) is 5. The van der Waals surface area contributed by atoms with Gasteiger partial charge >= 0.3 is 6.03 Å². The van der Waals surface area contributed by atoms with Gasteiger partial charge in [-0.25, -0.2) is 10.2 Å². The fourth-order valence-corrected chi connectivity index (χ4v) is 3.78. The summed E-state index contributed by atoms with van der Waals surface area (Å²) in [7, 11) is 0. The van der Waals surface area contributed by atoms with E-state index in [9.17, 15) is 19.2 Å². The quantitative estimate of drug-likeness (QED) is 0.217. The van der Waals surface area contributed by atoms with E-state index in [0.29, 0.717) is 31.1 Å². The molecule has 1 rings (SSSR count). The standard InChI is InChI=1S/C23H42N6O4/c1-6-18(27-22(32)20(14(3)4)28-21(31)15(5)24)13-26-29-23(33)25-12-16-8-10-17(11-9-16)19(30)7-2/h13-18,20H,6-12,24H2,1-5H3,(H,27,32)(H,28,31)(H2,25,29,33)/b26-13+/t15?,16?,17?,18-,20-/m0/s1. The monoisotopic (exact) mass is 466 g/mol. The van der Waals surface area contributed by atoms with Gasteiger partial charge in [0.05, 0.1) is 12.1 Å². The van der Waals surface area contributed by atoms with E-state index >= 15 is 0 Å². The van der Waals surface area contributed by atoms with E-state index in [1.54, 1.807) is 6.92 Å². The zero-order chi connectivity index (χ0) is 25.0. The Balaban J connectivity index is 2.43. The Labute approximate surface area is 197 Å². The topological polar surface area (TPSA) is 155 Å². The number of nitrogens with one attached hydrogen (secondary N) is 4. The molecule has 1 saturated carbocycles. The Kier molecular flexibility index (Phi) is 12.6. The van der Waals surface area contributed by atoms with Gasteiger partial charge in [-0.1, -0.05) is 27.7 Å². The second-order valence-electron chi connectivity index (χ2n) is 9.18. The molecule has 10 heteroatoms. The van der Waals surface area contributed by atoms with Crippen LogP contribution in [0.3, 0.4) is 0 Å². The van der Waals surface area contributed by atoms with Crippen molar-refractivity contribution >= 4 is 29.8 Å². The van der Waals surface area contributed by atoms with Gasteiger partial charge in [0.1, 0.15) is 11.8 Å². The van der Waals surface area contributed by atoms with Gasteiger partial charge in [-0.2, -0.15) is 5.10 Å². The molecule has 0 aromatic carbocycles. The number of nitrogens with two attached hydrogens (primary N) is 1. The van der Waals surface area contributed by atoms with E-state index in [-0.39, 0.29) is 17.7 Å². The molecule has 0 aromatic rings. The lowest BCUT2D eigenvalue weighted by atomic mass is 9.79. The van der Waals surface area contributed by atoms with Crippen LogP contribution < -0.4 is 27.1 Å². The summed E-state index contributed by atoms with van der Waals surface area (Å²) in [6.07, 6.45) is 6.25. The Morgan fingerprint density at radius 3 is 2.15 bits per heavy atom. The van der Waals surface area contributed by atoms with E-state index in [1.165, 1.54) is 6.21 Å². The molecule has 1 aliphatic rings. The van der Waals surface area contributed by atoms with Crippen LogP contribution in [0.5, 0.6) is 0 Å². The molecule has 1 fully saturated rings. The number of carbonyl (C=O) groups excluding carboxylic acids is 4. The lowest BCUT2D eigenvalue weighted by Crippen LogP contribution is -2.55. The Bertz CT molecular complexity index is 686. The van der Waals surface area contributed by atoms with Crippen molar-refractivity contribution in [1.82, 2.24) is 21.4 Å². The van der Waals surface area contributed by atoms with Crippen LogP contribution in [0.2, 0.25) is 0 Å². The van der Waals surface area contributed by atoms with Crippen LogP contribution in [-0.4, -0.2) is 54.5 Å². The van der Waals surface area contributed by atoms with Crippen LogP contribution in [0.15, 0.2) is 5.10 Å². The largest absolute Gasteiger partial charge is 0.347 e. The fraction of sp³-hybridized carbons (Fsp3) is 0.783. The van der Waals surface area contributed by atoms with Gasteiger partial charge < -0.3 is 21.7 Å². The Morgan fingerprint density at radius 2 is 1.64 bits per heavy atom. The molecule has 0 heterocycles. The molecule has 1 unspecified atom stereocenters. The minimum atomic E-state index is -0.718. The first-order valence-electron chi connectivity index (χ1n) is 12.0. The molecule has 0 aromatic heterocycles. The maximum atomic E-state index is 12.6. The molecule has 188 valence electrons. The third-order valence-electron chi connectivity index (χ3n) is 6.05. The summed E-state index contributed by atoms with van der Waals surface area (Å²) in [5, 5.41) is 12.2. The molecule has 0 bridgehead atoms. The van der Waals surface area contributed by atoms with Crippen LogP contribution in [0, 0.1) is 17.8 Å². The van der Waals surface area contributed by atoms with Crippen molar-refractivity contribution in [2.75, 3.05) is 6.54 Å². The Hall–Kier alpha value is -2.49. The number of rotatable bonds is 12. The van der Waals surface area contributed by atoms with Crippen molar-refractivity contribution in [2.45, 2.75) is 91.3 Å². The minimum Gasteiger partial charge on any atom is -0.347 e. The summed E-state index contributed by atoms with van der Waals surface area (Å²) >= 11 is 0. The van der Waals surface area contributed by atoms with E-state index in [0.717, 1.165) is 25.7 Å². The number of hydrazone groups is 1. The molecule has 4 amide bonds. The highest BCUT2D eigenvalue weighted by molar-refractivity contribution is 5.91. The van der Waals surface area contributed by atoms with Gasteiger partial charge in [0.25, 0.3) is 0 Å². The second-order valence-corrected chi connectivity index (χ2v) is 9.18. The number of nitrogens with zero attached hydrogens (tertiary/aromatic N) is 1. The number of urea groups is 1. The van der Waals surface area contributed by atoms with Crippen LogP contribution in [0.25, 0.3) is 0 Å². The van der Waals surface area contributed by atoms with Crippen molar-refractivity contribution in [1.29, 1.82) is 0 Å². The predicted molar refractivity (Wildman–Crippen MR) is 128 cm³/mol. The molecule has 0 spiro atoms. The lowest BCUT2D eigenvalue weighted by Gasteiger charge is -2.27. The first-order valence-corrected chi connectivity index (χ1v) is 12.0. The van der Waals surface area contributed by atoms with Crippen LogP contribution >= 0.6 is 0 Å². The van der Waals surface area contributed by atoms with Crippen LogP contribution in [0.4, 0.5) is 4.79 Å². The van der Waals surface area contributed by atoms with E-state index < -0.39 is 30.1 Å². The smallest absolute Gasteiger partial charge is 0.335 e. The highest BCUT2D eigenvalue weighted by Gasteiger charge is 2.27. The number of carbonyl (C=O) groups is 4. The number of ketones is 1. The number of amides is 4. The molecule has 1 aliphatic carbocycles. The fourth-order valence-electron chi connectivity index (χ4n) is 3.78. The summed E-state index contributed by atoms with van der Waals surface area (Å²) in [4.78, 5) is 48.4. The van der Waals surface area contributed by atoms with Gasteiger partial charge in [0.2, 0.25) is 11.8 Å². The average molecular weight is 467 g/mol. The lowest BCUT2D eigenvalue weighted by molar-refractivity contribution is -0.130. The zero-order valence-electron chi connectivity index (χ0n) is 20.6. The Morgan fingerprint density at radius 1 is 1.00 bits per heavy atom. The van der Waals surface area contributed by atoms with Gasteiger partial charge in [-0.3, -0.25) is 14.4 Å². The zero-order valence-corrected chi connectivity index (χ0v) is 20.6. The molecule has 6 N–H and O–H groups in total. The summed E-state index contributed by atoms with van der Waals surface area (Å²) in [5.74, 6) is 0.0208. The first-order chi connectivity index (χ1) is 15.6. The maximum absolute atomic E-state index is 12.6. The molecular formula is C23H42N6O4. The van der Waals surface area contributed by atoms with Crippen molar-refractivity contribution < 1.29 is 19.2 Å². The molecule has 0 saturated heterocycles. The van der Waals surface area contributed by atoms with Gasteiger partial charge in [0.15, 0.2) is 0 Å². The summed E-state index contributed by atoms with van der Waals surface area (Å²) in [5.41, 5.74) is 8.00.